The summed E-state index contributed by atoms with van der Waals surface area (Å²) in [5.41, 5.74) is 2.12. The van der Waals surface area contributed by atoms with Crippen LogP contribution in [0.5, 0.6) is 5.75 Å². The van der Waals surface area contributed by atoms with E-state index in [-0.39, 0.29) is 17.4 Å². The lowest BCUT2D eigenvalue weighted by Gasteiger charge is -2.35. The summed E-state index contributed by atoms with van der Waals surface area (Å²) in [6.07, 6.45) is 3.05. The third kappa shape index (κ3) is 5.68. The summed E-state index contributed by atoms with van der Waals surface area (Å²) in [7, 11) is -3.87. The van der Waals surface area contributed by atoms with Crippen molar-refractivity contribution >= 4 is 38.4 Å². The number of fused-ring (bicyclic) bond motifs is 1. The molecular formula is C29H30N6O5S. The van der Waals surface area contributed by atoms with E-state index >= 15 is 0 Å². The van der Waals surface area contributed by atoms with E-state index in [1.54, 1.807) is 23.2 Å². The van der Waals surface area contributed by atoms with E-state index in [2.05, 4.69) is 15.2 Å². The van der Waals surface area contributed by atoms with Crippen LogP contribution in [0.2, 0.25) is 0 Å². The Kier molecular flexibility index (Phi) is 7.35. The second kappa shape index (κ2) is 10.8. The Bertz CT molecular complexity index is 1730. The molecule has 1 fully saturated rings. The summed E-state index contributed by atoms with van der Waals surface area (Å²) in [6.45, 7) is 6.42. The van der Waals surface area contributed by atoms with E-state index in [1.165, 1.54) is 33.0 Å². The summed E-state index contributed by atoms with van der Waals surface area (Å²) in [6, 6.07) is 16.0. The summed E-state index contributed by atoms with van der Waals surface area (Å²) >= 11 is 0. The van der Waals surface area contributed by atoms with Crippen molar-refractivity contribution in [2.24, 2.45) is 0 Å². The average molecular weight is 575 g/mol. The largest absolute Gasteiger partial charge is 0.506 e. The first kappa shape index (κ1) is 28.0. The van der Waals surface area contributed by atoms with Gasteiger partial charge in [-0.05, 0) is 61.4 Å². The molecule has 0 spiro atoms. The summed E-state index contributed by atoms with van der Waals surface area (Å²) in [5.74, 6) is -0.324. The average Bonchev–Trinajstić information content (AvgIpc) is 2.95. The monoisotopic (exact) mass is 574 g/mol. The van der Waals surface area contributed by atoms with Crippen LogP contribution in [-0.2, 0) is 10.0 Å². The van der Waals surface area contributed by atoms with Crippen LogP contribution in [0.3, 0.4) is 0 Å². The second-order valence-corrected chi connectivity index (χ2v) is 13.2. The minimum atomic E-state index is -3.87. The lowest BCUT2D eigenvalue weighted by atomic mass is 9.95. The molecule has 0 unspecified atom stereocenters. The zero-order chi connectivity index (χ0) is 29.4. The molecule has 5 rings (SSSR count). The maximum atomic E-state index is 13.6. The van der Waals surface area contributed by atoms with Gasteiger partial charge in [-0.15, -0.1) is 10.2 Å². The molecule has 0 atom stereocenters. The van der Waals surface area contributed by atoms with E-state index in [9.17, 15) is 23.1 Å². The molecule has 0 bridgehead atoms. The fraction of sp³-hybridized carbons (Fsp3) is 0.276. The molecule has 2 aromatic heterocycles. The third-order valence-corrected chi connectivity index (χ3v) is 9.06. The second-order valence-electron chi connectivity index (χ2n) is 10.7. The van der Waals surface area contributed by atoms with Gasteiger partial charge in [0.2, 0.25) is 10.0 Å². The number of benzene rings is 2. The van der Waals surface area contributed by atoms with E-state index in [4.69, 9.17) is 0 Å². The molecule has 1 aliphatic rings. The highest BCUT2D eigenvalue weighted by Crippen LogP contribution is 2.32. The number of nitrogens with zero attached hydrogens (tertiary/aromatic N) is 5. The maximum Gasteiger partial charge on any atom is 0.285 e. The zero-order valence-electron chi connectivity index (χ0n) is 22.9. The SMILES string of the molecule is CC(C)(C)S(=O)(=O)NC(=O)c1ccc(N2CCN(C(=O)c3ccc(-c4cncc(O)c4)c4ccccc34)CC2)nn1. The van der Waals surface area contributed by atoms with Crippen molar-refractivity contribution in [3.05, 3.63) is 78.2 Å². The van der Waals surface area contributed by atoms with Gasteiger partial charge in [0.05, 0.1) is 10.9 Å². The Morgan fingerprint density at radius 2 is 1.61 bits per heavy atom. The normalized spacial score (nSPS) is 14.2. The lowest BCUT2D eigenvalue weighted by molar-refractivity contribution is 0.0748. The number of amides is 2. The Morgan fingerprint density at radius 3 is 2.24 bits per heavy atom. The number of hydrogen-bond donors (Lipinski definition) is 2. The summed E-state index contributed by atoms with van der Waals surface area (Å²) in [5, 5.41) is 19.6. The Labute approximate surface area is 237 Å². The quantitative estimate of drug-likeness (QED) is 0.367. The molecule has 212 valence electrons. The molecule has 41 heavy (non-hydrogen) atoms. The fourth-order valence-corrected chi connectivity index (χ4v) is 5.22. The number of piperazine rings is 1. The third-order valence-electron chi connectivity index (χ3n) is 7.00. The molecule has 1 aliphatic heterocycles. The minimum Gasteiger partial charge on any atom is -0.506 e. The van der Waals surface area contributed by atoms with Crippen LogP contribution < -0.4 is 9.62 Å². The first-order chi connectivity index (χ1) is 19.4. The van der Waals surface area contributed by atoms with Gasteiger partial charge in [-0.3, -0.25) is 14.6 Å². The van der Waals surface area contributed by atoms with Crippen LogP contribution in [0.4, 0.5) is 5.82 Å². The zero-order valence-corrected chi connectivity index (χ0v) is 23.7. The molecule has 1 saturated heterocycles. The molecule has 0 aliphatic carbocycles. The number of carbonyl (C=O) groups is 2. The number of aromatic nitrogens is 3. The molecule has 2 aromatic carbocycles. The number of pyridine rings is 1. The molecule has 4 aromatic rings. The Morgan fingerprint density at radius 1 is 0.902 bits per heavy atom. The first-order valence-electron chi connectivity index (χ1n) is 13.1. The standard InChI is InChI=1S/C29H30N6O5S/c1-29(2,3)41(39,40)33-27(37)25-10-11-26(32-31-25)34-12-14-35(15-13-34)28(38)24-9-8-21(19-16-20(36)18-30-17-19)22-6-4-5-7-23(22)24/h4-11,16-18,36H,12-15H2,1-3H3,(H,33,37). The predicted molar refractivity (Wildman–Crippen MR) is 155 cm³/mol. The van der Waals surface area contributed by atoms with Gasteiger partial charge in [0.25, 0.3) is 11.8 Å². The highest BCUT2D eigenvalue weighted by Gasteiger charge is 2.31. The van der Waals surface area contributed by atoms with Crippen LogP contribution in [0.1, 0.15) is 41.6 Å². The van der Waals surface area contributed by atoms with Crippen molar-refractivity contribution in [2.45, 2.75) is 25.5 Å². The minimum absolute atomic E-state index is 0.0701. The van der Waals surface area contributed by atoms with Crippen molar-refractivity contribution in [1.82, 2.24) is 24.8 Å². The van der Waals surface area contributed by atoms with Crippen LogP contribution in [0.25, 0.3) is 21.9 Å². The fourth-order valence-electron chi connectivity index (χ4n) is 4.56. The van der Waals surface area contributed by atoms with Crippen molar-refractivity contribution in [1.29, 1.82) is 0 Å². The molecule has 11 nitrogen and oxygen atoms in total. The van der Waals surface area contributed by atoms with Crippen molar-refractivity contribution in [3.8, 4) is 16.9 Å². The van der Waals surface area contributed by atoms with Gasteiger partial charge in [0.1, 0.15) is 5.75 Å². The number of rotatable bonds is 5. The number of sulfonamides is 1. The predicted octanol–water partition coefficient (Wildman–Crippen LogP) is 3.22. The molecule has 0 radical (unpaired) electrons. The van der Waals surface area contributed by atoms with E-state index < -0.39 is 20.7 Å². The van der Waals surface area contributed by atoms with Gasteiger partial charge < -0.3 is 14.9 Å². The Hall–Kier alpha value is -4.58. The highest BCUT2D eigenvalue weighted by molar-refractivity contribution is 7.91. The lowest BCUT2D eigenvalue weighted by Crippen LogP contribution is -2.49. The molecule has 3 heterocycles. The number of aromatic hydroxyl groups is 1. The van der Waals surface area contributed by atoms with Gasteiger partial charge >= 0.3 is 0 Å². The smallest absolute Gasteiger partial charge is 0.285 e. The van der Waals surface area contributed by atoms with E-state index in [0.717, 1.165) is 21.9 Å². The molecule has 2 N–H and O–H groups in total. The van der Waals surface area contributed by atoms with E-state index in [0.29, 0.717) is 37.6 Å². The van der Waals surface area contributed by atoms with Crippen molar-refractivity contribution in [3.63, 3.8) is 0 Å². The van der Waals surface area contributed by atoms with Crippen molar-refractivity contribution < 1.29 is 23.1 Å². The highest BCUT2D eigenvalue weighted by atomic mass is 32.2. The molecule has 0 saturated carbocycles. The van der Waals surface area contributed by atoms with Gasteiger partial charge in [0, 0.05) is 43.5 Å². The van der Waals surface area contributed by atoms with Crippen LogP contribution in [-0.4, -0.2) is 76.3 Å². The summed E-state index contributed by atoms with van der Waals surface area (Å²) in [4.78, 5) is 33.8. The number of nitrogens with one attached hydrogen (secondary N) is 1. The van der Waals surface area contributed by atoms with Crippen LogP contribution in [0.15, 0.2) is 67.0 Å². The Balaban J connectivity index is 1.28. The topological polar surface area (TPSA) is 146 Å². The van der Waals surface area contributed by atoms with Gasteiger partial charge in [0.15, 0.2) is 11.5 Å². The number of anilines is 1. The molecule has 12 heteroatoms. The summed E-state index contributed by atoms with van der Waals surface area (Å²) < 4.78 is 25.4. The molecule has 2 amide bonds. The number of carbonyl (C=O) groups excluding carboxylic acids is 2. The van der Waals surface area contributed by atoms with Crippen LogP contribution in [0, 0.1) is 0 Å². The molecular weight excluding hydrogens is 544 g/mol. The van der Waals surface area contributed by atoms with Crippen LogP contribution >= 0.6 is 0 Å². The first-order valence-corrected chi connectivity index (χ1v) is 14.5. The number of hydrogen-bond acceptors (Lipinski definition) is 9. The van der Waals surface area contributed by atoms with E-state index in [1.807, 2.05) is 46.0 Å². The van der Waals surface area contributed by atoms with Gasteiger partial charge in [-0.1, -0.05) is 30.3 Å². The van der Waals surface area contributed by atoms with Crippen molar-refractivity contribution in [2.75, 3.05) is 31.1 Å². The van der Waals surface area contributed by atoms with Gasteiger partial charge in [-0.2, -0.15) is 0 Å². The maximum absolute atomic E-state index is 13.6. The van der Waals surface area contributed by atoms with Gasteiger partial charge in [-0.25, -0.2) is 13.1 Å².